The molecule has 0 bridgehead atoms. The summed E-state index contributed by atoms with van der Waals surface area (Å²) in [6.07, 6.45) is 3.30. The van der Waals surface area contributed by atoms with E-state index in [1.165, 1.54) is 5.56 Å². The van der Waals surface area contributed by atoms with Crippen LogP contribution >= 0.6 is 11.6 Å². The van der Waals surface area contributed by atoms with Gasteiger partial charge in [0, 0.05) is 6.54 Å². The smallest absolute Gasteiger partial charge is 0.190 e. The Morgan fingerprint density at radius 2 is 2.26 bits per heavy atom. The van der Waals surface area contributed by atoms with E-state index in [4.69, 9.17) is 11.6 Å². The van der Waals surface area contributed by atoms with Gasteiger partial charge in [0.15, 0.2) is 5.78 Å². The van der Waals surface area contributed by atoms with Crippen LogP contribution in [0.2, 0.25) is 5.02 Å². The molecule has 0 aliphatic heterocycles. The van der Waals surface area contributed by atoms with Gasteiger partial charge in [-0.15, -0.1) is 0 Å². The third-order valence-electron chi connectivity index (χ3n) is 3.63. The lowest BCUT2D eigenvalue weighted by Gasteiger charge is -2.28. The van der Waals surface area contributed by atoms with Crippen molar-refractivity contribution >= 4 is 17.4 Å². The maximum absolute atomic E-state index is 12.6. The Kier molecular flexibility index (Phi) is 3.15. The zero-order valence-corrected chi connectivity index (χ0v) is 11.5. The quantitative estimate of drug-likeness (QED) is 0.800. The number of benzene rings is 1. The summed E-state index contributed by atoms with van der Waals surface area (Å²) >= 11 is 6.12. The minimum Gasteiger partial charge on any atom is -0.292 e. The summed E-state index contributed by atoms with van der Waals surface area (Å²) in [5.74, 6) is 0.0376. The molecular weight excluding hydrogens is 260 g/mol. The van der Waals surface area contributed by atoms with Crippen LogP contribution in [-0.2, 0) is 13.0 Å². The molecule has 0 N–H and O–H groups in total. The third-order valence-corrected chi connectivity index (χ3v) is 3.91. The highest BCUT2D eigenvalue weighted by Crippen LogP contribution is 2.38. The molecule has 1 aromatic carbocycles. The molecule has 0 saturated carbocycles. The van der Waals surface area contributed by atoms with Crippen molar-refractivity contribution in [2.45, 2.75) is 32.2 Å². The van der Waals surface area contributed by atoms with Gasteiger partial charge in [-0.1, -0.05) is 42.8 Å². The summed E-state index contributed by atoms with van der Waals surface area (Å²) in [5.41, 5.74) is 2.95. The number of carbonyl (C=O) groups excluding carboxylic acids is 1. The van der Waals surface area contributed by atoms with E-state index in [0.717, 1.165) is 24.9 Å². The number of ketones is 1. The summed E-state index contributed by atoms with van der Waals surface area (Å²) in [6, 6.07) is 8.08. The van der Waals surface area contributed by atoms with Crippen LogP contribution < -0.4 is 0 Å². The lowest BCUT2D eigenvalue weighted by Crippen LogP contribution is -2.27. The van der Waals surface area contributed by atoms with Crippen LogP contribution in [0.1, 0.15) is 40.9 Å². The molecule has 1 aromatic heterocycles. The average Bonchev–Trinajstić information content (AvgIpc) is 2.72. The highest BCUT2D eigenvalue weighted by Gasteiger charge is 2.34. The van der Waals surface area contributed by atoms with Crippen molar-refractivity contribution < 1.29 is 4.79 Å². The van der Waals surface area contributed by atoms with Crippen molar-refractivity contribution in [1.82, 2.24) is 9.78 Å². The average molecular weight is 275 g/mol. The van der Waals surface area contributed by atoms with Crippen LogP contribution in [0, 0.1) is 0 Å². The molecule has 4 heteroatoms. The fraction of sp³-hybridized carbons (Fsp3) is 0.333. The van der Waals surface area contributed by atoms with E-state index in [9.17, 15) is 4.79 Å². The van der Waals surface area contributed by atoms with Gasteiger partial charge in [0.1, 0.15) is 5.69 Å². The van der Waals surface area contributed by atoms with E-state index in [1.807, 2.05) is 18.2 Å². The Morgan fingerprint density at radius 3 is 3.00 bits per heavy atom. The highest BCUT2D eigenvalue weighted by atomic mass is 35.5. The summed E-state index contributed by atoms with van der Waals surface area (Å²) in [5, 5.41) is 4.65. The van der Waals surface area contributed by atoms with E-state index in [-0.39, 0.29) is 11.7 Å². The second-order valence-corrected chi connectivity index (χ2v) is 5.29. The first-order valence-electron chi connectivity index (χ1n) is 6.55. The second kappa shape index (κ2) is 4.82. The minimum absolute atomic E-state index is 0.0546. The zero-order valence-electron chi connectivity index (χ0n) is 10.8. The van der Waals surface area contributed by atoms with Gasteiger partial charge in [-0.25, -0.2) is 0 Å². The Bertz CT molecular complexity index is 633. The number of rotatable bonds is 4. The first-order valence-corrected chi connectivity index (χ1v) is 6.93. The van der Waals surface area contributed by atoms with Crippen molar-refractivity contribution in [3.05, 3.63) is 52.3 Å². The topological polar surface area (TPSA) is 34.9 Å². The minimum atomic E-state index is -0.0546. The van der Waals surface area contributed by atoms with E-state index in [1.54, 1.807) is 10.9 Å². The highest BCUT2D eigenvalue weighted by molar-refractivity contribution is 6.33. The lowest BCUT2D eigenvalue weighted by molar-refractivity contribution is 0.0938. The van der Waals surface area contributed by atoms with E-state index >= 15 is 0 Å². The first kappa shape index (κ1) is 12.4. The molecule has 1 unspecified atom stereocenters. The fourth-order valence-corrected chi connectivity index (χ4v) is 2.88. The number of fused-ring (bicyclic) bond motifs is 1. The van der Waals surface area contributed by atoms with Crippen LogP contribution in [-0.4, -0.2) is 15.6 Å². The van der Waals surface area contributed by atoms with E-state index in [2.05, 4.69) is 18.1 Å². The van der Waals surface area contributed by atoms with Gasteiger partial charge in [0.25, 0.3) is 0 Å². The summed E-state index contributed by atoms with van der Waals surface area (Å²) < 4.78 is 1.73. The standard InChI is InChI=1S/C15H15ClN2O/c1-2-7-18-14(13(16)9-17-18)15(19)12-8-10-5-3-4-6-11(10)12/h3-6,9,12H,2,7-8H2,1H3. The summed E-state index contributed by atoms with van der Waals surface area (Å²) in [7, 11) is 0. The number of Topliss-reactive ketones (excluding diaryl/α,β-unsaturated/α-hetero) is 1. The van der Waals surface area contributed by atoms with Crippen LogP contribution in [0.25, 0.3) is 0 Å². The maximum atomic E-state index is 12.6. The Balaban J connectivity index is 1.92. The summed E-state index contributed by atoms with van der Waals surface area (Å²) in [4.78, 5) is 12.6. The third kappa shape index (κ3) is 1.98. The molecule has 2 aromatic rings. The first-order chi connectivity index (χ1) is 9.22. The lowest BCUT2D eigenvalue weighted by atomic mass is 9.74. The number of hydrogen-bond donors (Lipinski definition) is 0. The Labute approximate surface area is 117 Å². The van der Waals surface area contributed by atoms with Crippen molar-refractivity contribution in [3.8, 4) is 0 Å². The molecule has 1 aliphatic rings. The Morgan fingerprint density at radius 1 is 1.47 bits per heavy atom. The van der Waals surface area contributed by atoms with E-state index in [0.29, 0.717) is 10.7 Å². The molecule has 0 saturated heterocycles. The van der Waals surface area contributed by atoms with Crippen molar-refractivity contribution in [2.24, 2.45) is 0 Å². The monoisotopic (exact) mass is 274 g/mol. The maximum Gasteiger partial charge on any atom is 0.190 e. The molecule has 19 heavy (non-hydrogen) atoms. The predicted molar refractivity (Wildman–Crippen MR) is 74.7 cm³/mol. The Hall–Kier alpha value is -1.61. The fourth-order valence-electron chi connectivity index (χ4n) is 2.65. The molecular formula is C15H15ClN2O. The number of halogens is 1. The number of carbonyl (C=O) groups is 1. The van der Waals surface area contributed by atoms with Gasteiger partial charge >= 0.3 is 0 Å². The molecule has 3 nitrogen and oxygen atoms in total. The summed E-state index contributed by atoms with van der Waals surface area (Å²) in [6.45, 7) is 2.78. The van der Waals surface area contributed by atoms with Crippen molar-refractivity contribution in [2.75, 3.05) is 0 Å². The normalized spacial score (nSPS) is 16.8. The van der Waals surface area contributed by atoms with Gasteiger partial charge in [-0.05, 0) is 24.0 Å². The van der Waals surface area contributed by atoms with Gasteiger partial charge in [-0.2, -0.15) is 5.10 Å². The van der Waals surface area contributed by atoms with Crippen molar-refractivity contribution in [1.29, 1.82) is 0 Å². The van der Waals surface area contributed by atoms with Gasteiger partial charge in [-0.3, -0.25) is 9.48 Å². The number of hydrogen-bond acceptors (Lipinski definition) is 2. The molecule has 1 aliphatic carbocycles. The SMILES string of the molecule is CCCn1ncc(Cl)c1C(=O)C1Cc2ccccc21. The van der Waals surface area contributed by atoms with E-state index < -0.39 is 0 Å². The molecule has 0 fully saturated rings. The second-order valence-electron chi connectivity index (χ2n) is 4.88. The molecule has 0 amide bonds. The number of aromatic nitrogens is 2. The molecule has 0 radical (unpaired) electrons. The number of aryl methyl sites for hydroxylation is 1. The predicted octanol–water partition coefficient (Wildman–Crippen LogP) is 3.47. The largest absolute Gasteiger partial charge is 0.292 e. The van der Waals surface area contributed by atoms with Gasteiger partial charge < -0.3 is 0 Å². The zero-order chi connectivity index (χ0) is 13.4. The molecule has 98 valence electrons. The van der Waals surface area contributed by atoms with Crippen LogP contribution in [0.3, 0.4) is 0 Å². The molecule has 1 atom stereocenters. The van der Waals surface area contributed by atoms with Crippen molar-refractivity contribution in [3.63, 3.8) is 0 Å². The molecule has 0 spiro atoms. The number of nitrogens with zero attached hydrogens (tertiary/aromatic N) is 2. The van der Waals surface area contributed by atoms with Crippen LogP contribution in [0.5, 0.6) is 0 Å². The van der Waals surface area contributed by atoms with Crippen LogP contribution in [0.15, 0.2) is 30.5 Å². The van der Waals surface area contributed by atoms with Gasteiger partial charge in [0.05, 0.1) is 17.1 Å². The van der Waals surface area contributed by atoms with Gasteiger partial charge in [0.2, 0.25) is 0 Å². The molecule has 3 rings (SSSR count). The molecule has 1 heterocycles. The van der Waals surface area contributed by atoms with Crippen LogP contribution in [0.4, 0.5) is 0 Å².